The van der Waals surface area contributed by atoms with Gasteiger partial charge in [0.2, 0.25) is 5.91 Å². The predicted molar refractivity (Wildman–Crippen MR) is 159 cm³/mol. The van der Waals surface area contributed by atoms with Crippen molar-refractivity contribution in [1.82, 2.24) is 15.8 Å². The second-order valence-electron chi connectivity index (χ2n) is 9.59. The van der Waals surface area contributed by atoms with Gasteiger partial charge in [-0.1, -0.05) is 29.4 Å². The molecule has 1 aliphatic heterocycles. The molecular formula is C30H30ClN5O6. The first-order chi connectivity index (χ1) is 19.8. The van der Waals surface area contributed by atoms with Crippen molar-refractivity contribution in [3.05, 3.63) is 89.6 Å². The summed E-state index contributed by atoms with van der Waals surface area (Å²) in [5.41, 5.74) is 2.67. The van der Waals surface area contributed by atoms with Gasteiger partial charge in [0, 0.05) is 10.9 Å². The number of para-hydroxylation sites is 3. The molecule has 0 spiro atoms. The Labute approximate surface area is 248 Å². The van der Waals surface area contributed by atoms with Crippen LogP contribution in [-0.2, 0) is 20.9 Å². The number of hydrogen-bond donors (Lipinski definition) is 2. The molecule has 0 saturated carbocycles. The Morgan fingerprint density at radius 1 is 1.00 bits per heavy atom. The lowest BCUT2D eigenvalue weighted by molar-refractivity contribution is -0.128. The van der Waals surface area contributed by atoms with Gasteiger partial charge >= 0.3 is 5.97 Å². The molecule has 0 aliphatic carbocycles. The van der Waals surface area contributed by atoms with Crippen LogP contribution in [0.25, 0.3) is 11.0 Å². The number of carbonyl (C=O) groups excluding carboxylic acids is 4. The molecule has 11 nitrogen and oxygen atoms in total. The highest BCUT2D eigenvalue weighted by molar-refractivity contribution is 6.13. The van der Waals surface area contributed by atoms with Gasteiger partial charge < -0.3 is 29.7 Å². The first-order valence-electron chi connectivity index (χ1n) is 13.0. The maximum Gasteiger partial charge on any atom is 0.337 e. The molecule has 3 aromatic carbocycles. The molecule has 0 saturated heterocycles. The van der Waals surface area contributed by atoms with Crippen LogP contribution in [0.2, 0.25) is 0 Å². The zero-order valence-corrected chi connectivity index (χ0v) is 24.0. The molecule has 2 heterocycles. The molecule has 3 amide bonds. The van der Waals surface area contributed by atoms with Crippen LogP contribution in [0.15, 0.2) is 77.3 Å². The van der Waals surface area contributed by atoms with Gasteiger partial charge in [-0.2, -0.15) is 0 Å². The summed E-state index contributed by atoms with van der Waals surface area (Å²) in [5, 5.41) is 10.6. The van der Waals surface area contributed by atoms with Crippen LogP contribution in [0.4, 0.5) is 11.4 Å². The van der Waals surface area contributed by atoms with Crippen molar-refractivity contribution in [2.45, 2.75) is 25.6 Å². The normalized spacial score (nSPS) is 15.3. The number of nitrogens with zero attached hydrogens (tertiary/aromatic N) is 3. The van der Waals surface area contributed by atoms with Crippen molar-refractivity contribution in [1.29, 1.82) is 0 Å². The first-order valence-corrected chi connectivity index (χ1v) is 13.0. The van der Waals surface area contributed by atoms with Crippen molar-refractivity contribution in [3.8, 4) is 0 Å². The zero-order valence-electron chi connectivity index (χ0n) is 23.2. The fourth-order valence-corrected chi connectivity index (χ4v) is 4.70. The van der Waals surface area contributed by atoms with E-state index in [1.807, 2.05) is 18.2 Å². The minimum atomic E-state index is -1.07. The summed E-state index contributed by atoms with van der Waals surface area (Å²) in [7, 11) is 2.92. The van der Waals surface area contributed by atoms with E-state index in [0.29, 0.717) is 33.8 Å². The lowest BCUT2D eigenvalue weighted by Gasteiger charge is -2.26. The number of anilines is 2. The smallest absolute Gasteiger partial charge is 0.337 e. The van der Waals surface area contributed by atoms with Crippen LogP contribution in [-0.4, -0.2) is 61.6 Å². The molecule has 0 fully saturated rings. The topological polar surface area (TPSA) is 134 Å². The second kappa shape index (κ2) is 12.8. The number of halogens is 1. The number of amides is 3. The molecule has 0 radical (unpaired) electrons. The number of aromatic nitrogens is 1. The van der Waals surface area contributed by atoms with Gasteiger partial charge in [0.15, 0.2) is 5.58 Å². The zero-order chi connectivity index (χ0) is 29.1. The minimum absolute atomic E-state index is 0. The first kappa shape index (κ1) is 30.2. The van der Waals surface area contributed by atoms with Gasteiger partial charge in [0.25, 0.3) is 11.8 Å². The Morgan fingerprint density at radius 3 is 2.33 bits per heavy atom. The number of ether oxygens (including phenoxy) is 1. The summed E-state index contributed by atoms with van der Waals surface area (Å²) in [5.74, 6) is -1.72. The number of methoxy groups -OCH3 is 1. The standard InChI is InChI=1S/C30H29N5O6.ClH/c1-18(31-2)27(36)32-23-17-34(28(37)19-12-14-20(15-13-19)30(39)40-3)24-9-5-6-10-25(24)35(29(23)38)16-22-21-8-4-7-11-26(21)41-33-22;/h4-15,18,23,31H,16-17H2,1-3H3,(H,32,36);1H/t18-,23-;/m0./s1. The van der Waals surface area contributed by atoms with Crippen LogP contribution in [0.1, 0.15) is 33.3 Å². The highest BCUT2D eigenvalue weighted by Crippen LogP contribution is 2.35. The number of fused-ring (bicyclic) bond motifs is 2. The van der Waals surface area contributed by atoms with Gasteiger partial charge in [-0.05, 0) is 62.5 Å². The number of likely N-dealkylation sites (N-methyl/N-ethyl adjacent to an activating group) is 1. The van der Waals surface area contributed by atoms with Crippen molar-refractivity contribution in [3.63, 3.8) is 0 Å². The van der Waals surface area contributed by atoms with Crippen molar-refractivity contribution in [2.24, 2.45) is 0 Å². The molecule has 0 bridgehead atoms. The average Bonchev–Trinajstić information content (AvgIpc) is 3.38. The molecule has 4 aromatic rings. The number of benzene rings is 3. The Kier molecular flexibility index (Phi) is 9.24. The molecule has 12 heteroatoms. The SMILES string of the molecule is CN[C@@H](C)C(=O)N[C@H]1CN(C(=O)c2ccc(C(=O)OC)cc2)c2ccccc2N(Cc2noc3ccccc23)C1=O.Cl. The van der Waals surface area contributed by atoms with Gasteiger partial charge in [0.1, 0.15) is 11.7 Å². The third kappa shape index (κ3) is 5.83. The van der Waals surface area contributed by atoms with Crippen molar-refractivity contribution < 1.29 is 28.4 Å². The number of nitrogens with one attached hydrogen (secondary N) is 2. The van der Waals surface area contributed by atoms with Crippen LogP contribution in [0, 0.1) is 0 Å². The van der Waals surface area contributed by atoms with E-state index >= 15 is 0 Å². The molecule has 218 valence electrons. The minimum Gasteiger partial charge on any atom is -0.465 e. The molecule has 1 aliphatic rings. The van der Waals surface area contributed by atoms with Crippen LogP contribution >= 0.6 is 12.4 Å². The number of esters is 1. The number of rotatable bonds is 7. The third-order valence-corrected chi connectivity index (χ3v) is 7.09. The van der Waals surface area contributed by atoms with E-state index in [-0.39, 0.29) is 25.5 Å². The van der Waals surface area contributed by atoms with Crippen LogP contribution in [0.5, 0.6) is 0 Å². The maximum absolute atomic E-state index is 14.1. The number of hydrogen-bond acceptors (Lipinski definition) is 8. The van der Waals surface area contributed by atoms with Crippen molar-refractivity contribution >= 4 is 58.4 Å². The molecule has 2 N–H and O–H groups in total. The van der Waals surface area contributed by atoms with Gasteiger partial charge in [-0.3, -0.25) is 14.4 Å². The van der Waals surface area contributed by atoms with E-state index in [4.69, 9.17) is 9.26 Å². The summed E-state index contributed by atoms with van der Waals surface area (Å²) in [4.78, 5) is 55.8. The fourth-order valence-electron chi connectivity index (χ4n) is 4.70. The predicted octanol–water partition coefficient (Wildman–Crippen LogP) is 3.32. The average molecular weight is 592 g/mol. The van der Waals surface area contributed by atoms with E-state index < -0.39 is 35.8 Å². The van der Waals surface area contributed by atoms with Gasteiger partial charge in [-0.15, -0.1) is 12.4 Å². The van der Waals surface area contributed by atoms with E-state index in [1.54, 1.807) is 44.3 Å². The summed E-state index contributed by atoms with van der Waals surface area (Å²) in [6.07, 6.45) is 0. The van der Waals surface area contributed by atoms with E-state index in [0.717, 1.165) is 5.39 Å². The highest BCUT2D eigenvalue weighted by Gasteiger charge is 2.38. The molecule has 42 heavy (non-hydrogen) atoms. The second-order valence-corrected chi connectivity index (χ2v) is 9.59. The van der Waals surface area contributed by atoms with E-state index in [1.165, 1.54) is 41.2 Å². The summed E-state index contributed by atoms with van der Waals surface area (Å²) >= 11 is 0. The Morgan fingerprint density at radius 2 is 1.64 bits per heavy atom. The third-order valence-electron chi connectivity index (χ3n) is 7.09. The lowest BCUT2D eigenvalue weighted by Crippen LogP contribution is -2.55. The monoisotopic (exact) mass is 591 g/mol. The largest absolute Gasteiger partial charge is 0.465 e. The lowest BCUT2D eigenvalue weighted by atomic mass is 10.1. The summed E-state index contributed by atoms with van der Waals surface area (Å²) < 4.78 is 10.2. The molecule has 1 aromatic heterocycles. The molecule has 2 atom stereocenters. The quantitative estimate of drug-likeness (QED) is 0.313. The van der Waals surface area contributed by atoms with Crippen molar-refractivity contribution in [2.75, 3.05) is 30.5 Å². The highest BCUT2D eigenvalue weighted by atomic mass is 35.5. The van der Waals surface area contributed by atoms with Crippen LogP contribution < -0.4 is 20.4 Å². The summed E-state index contributed by atoms with van der Waals surface area (Å²) in [6, 6.07) is 18.8. The fraction of sp³-hybridized carbons (Fsp3) is 0.233. The van der Waals surface area contributed by atoms with Gasteiger partial charge in [-0.25, -0.2) is 4.79 Å². The number of carbonyl (C=O) groups is 4. The Hall–Kier alpha value is -4.74. The van der Waals surface area contributed by atoms with E-state index in [2.05, 4.69) is 15.8 Å². The molecule has 5 rings (SSSR count). The Balaban J connectivity index is 0.00000405. The van der Waals surface area contributed by atoms with Crippen LogP contribution in [0.3, 0.4) is 0 Å². The summed E-state index contributed by atoms with van der Waals surface area (Å²) in [6.45, 7) is 1.61. The van der Waals surface area contributed by atoms with Gasteiger partial charge in [0.05, 0.1) is 43.2 Å². The van der Waals surface area contributed by atoms with E-state index in [9.17, 15) is 19.2 Å². The molecular weight excluding hydrogens is 562 g/mol. The molecule has 0 unspecified atom stereocenters. The Bertz CT molecular complexity index is 1620. The maximum atomic E-state index is 14.1.